The summed E-state index contributed by atoms with van der Waals surface area (Å²) in [5.41, 5.74) is 0. The Bertz CT molecular complexity index is 676. The minimum Gasteiger partial charge on any atom is -0.354 e. The molecule has 5 amide bonds. The van der Waals surface area contributed by atoms with E-state index in [1.807, 2.05) is 6.92 Å². The van der Waals surface area contributed by atoms with Crippen molar-refractivity contribution < 1.29 is 28.8 Å². The van der Waals surface area contributed by atoms with Crippen LogP contribution in [0.3, 0.4) is 0 Å². The quantitative estimate of drug-likeness (QED) is 0.341. The third kappa shape index (κ3) is 8.71. The van der Waals surface area contributed by atoms with Crippen LogP contribution in [0.5, 0.6) is 0 Å². The molecule has 1 aliphatic rings. The summed E-state index contributed by atoms with van der Waals surface area (Å²) < 4.78 is 0. The summed E-state index contributed by atoms with van der Waals surface area (Å²) in [6.07, 6.45) is 1.47. The zero-order valence-corrected chi connectivity index (χ0v) is 17.9. The number of likely N-dealkylation sites (tertiary alicyclic amines) is 1. The molecule has 0 aromatic heterocycles. The summed E-state index contributed by atoms with van der Waals surface area (Å²) in [6.45, 7) is 5.30. The maximum atomic E-state index is 12.0. The van der Waals surface area contributed by atoms with Gasteiger partial charge in [0.2, 0.25) is 29.5 Å². The molecule has 1 unspecified atom stereocenters. The first-order chi connectivity index (χ1) is 14.1. The van der Waals surface area contributed by atoms with Crippen LogP contribution in [-0.4, -0.2) is 66.4 Å². The fraction of sp³-hybridized carbons (Fsp3) is 0.700. The van der Waals surface area contributed by atoms with E-state index in [0.717, 1.165) is 0 Å². The van der Waals surface area contributed by atoms with Crippen molar-refractivity contribution in [2.24, 2.45) is 11.8 Å². The second kappa shape index (κ2) is 12.7. The Labute approximate surface area is 176 Å². The molecule has 0 aromatic rings. The van der Waals surface area contributed by atoms with Gasteiger partial charge < -0.3 is 16.0 Å². The highest BCUT2D eigenvalue weighted by atomic mass is 16.2. The van der Waals surface area contributed by atoms with Gasteiger partial charge in [-0.2, -0.15) is 0 Å². The van der Waals surface area contributed by atoms with Crippen LogP contribution in [0.2, 0.25) is 0 Å². The van der Waals surface area contributed by atoms with Crippen LogP contribution in [-0.2, 0) is 28.8 Å². The third-order valence-corrected chi connectivity index (χ3v) is 4.85. The number of amides is 5. The van der Waals surface area contributed by atoms with Crippen LogP contribution < -0.4 is 16.0 Å². The SMILES string of the molecule is CCC1CC(=O)N(CCCC(=O)NCC(=O)NCC(=O)NCCC(=O)C(C)C)C1=O. The number of carbonyl (C=O) groups is 6. The van der Waals surface area contributed by atoms with Gasteiger partial charge in [-0.1, -0.05) is 20.8 Å². The van der Waals surface area contributed by atoms with Crippen LogP contribution in [0, 0.1) is 11.8 Å². The molecule has 0 bridgehead atoms. The lowest BCUT2D eigenvalue weighted by molar-refractivity contribution is -0.140. The van der Waals surface area contributed by atoms with E-state index in [4.69, 9.17) is 0 Å². The number of rotatable bonds is 13. The summed E-state index contributed by atoms with van der Waals surface area (Å²) in [6, 6.07) is 0. The predicted molar refractivity (Wildman–Crippen MR) is 108 cm³/mol. The first kappa shape index (κ1) is 25.3. The van der Waals surface area contributed by atoms with Gasteiger partial charge in [0, 0.05) is 44.2 Å². The highest BCUT2D eigenvalue weighted by Crippen LogP contribution is 2.22. The highest BCUT2D eigenvalue weighted by Gasteiger charge is 2.36. The molecule has 3 N–H and O–H groups in total. The molecule has 0 radical (unpaired) electrons. The number of Topliss-reactive ketones (excluding diaryl/α,β-unsaturated/α-hetero) is 1. The van der Waals surface area contributed by atoms with Gasteiger partial charge in [-0.25, -0.2) is 0 Å². The average molecular weight is 424 g/mol. The third-order valence-electron chi connectivity index (χ3n) is 4.85. The summed E-state index contributed by atoms with van der Waals surface area (Å²) in [5.74, 6) is -2.02. The molecule has 1 atom stereocenters. The molecule has 1 rings (SSSR count). The van der Waals surface area contributed by atoms with Crippen molar-refractivity contribution in [2.75, 3.05) is 26.2 Å². The molecule has 0 aromatic carbocycles. The number of nitrogens with one attached hydrogen (secondary N) is 3. The Hall–Kier alpha value is -2.78. The Kier molecular flexibility index (Phi) is 10.7. The number of hydrogen-bond acceptors (Lipinski definition) is 6. The van der Waals surface area contributed by atoms with Crippen molar-refractivity contribution in [3.05, 3.63) is 0 Å². The minimum absolute atomic E-state index is 0.0469. The molecule has 1 heterocycles. The molecular formula is C20H32N4O6. The fourth-order valence-corrected chi connectivity index (χ4v) is 2.89. The van der Waals surface area contributed by atoms with Gasteiger partial charge in [0.1, 0.15) is 5.78 Å². The van der Waals surface area contributed by atoms with Gasteiger partial charge in [0.15, 0.2) is 0 Å². The average Bonchev–Trinajstić information content (AvgIpc) is 2.97. The molecule has 10 heteroatoms. The first-order valence-electron chi connectivity index (χ1n) is 10.3. The Balaban J connectivity index is 2.14. The molecule has 1 fully saturated rings. The van der Waals surface area contributed by atoms with Gasteiger partial charge in [-0.05, 0) is 12.8 Å². The number of imide groups is 1. The van der Waals surface area contributed by atoms with Crippen LogP contribution in [0.1, 0.15) is 52.9 Å². The smallest absolute Gasteiger partial charge is 0.239 e. The number of nitrogens with zero attached hydrogens (tertiary/aromatic N) is 1. The van der Waals surface area contributed by atoms with E-state index < -0.39 is 11.8 Å². The number of carbonyl (C=O) groups excluding carboxylic acids is 6. The van der Waals surface area contributed by atoms with Gasteiger partial charge in [0.05, 0.1) is 13.1 Å². The number of hydrogen-bond donors (Lipinski definition) is 3. The maximum absolute atomic E-state index is 12.0. The molecule has 0 aliphatic carbocycles. The van der Waals surface area contributed by atoms with E-state index in [0.29, 0.717) is 12.8 Å². The molecule has 10 nitrogen and oxygen atoms in total. The summed E-state index contributed by atoms with van der Waals surface area (Å²) >= 11 is 0. The van der Waals surface area contributed by atoms with Gasteiger partial charge in [-0.15, -0.1) is 0 Å². The van der Waals surface area contributed by atoms with E-state index >= 15 is 0 Å². The topological polar surface area (TPSA) is 142 Å². The van der Waals surface area contributed by atoms with Crippen molar-refractivity contribution in [3.63, 3.8) is 0 Å². The summed E-state index contributed by atoms with van der Waals surface area (Å²) in [4.78, 5) is 71.6. The zero-order valence-electron chi connectivity index (χ0n) is 17.9. The monoisotopic (exact) mass is 424 g/mol. The molecule has 168 valence electrons. The van der Waals surface area contributed by atoms with Crippen molar-refractivity contribution in [1.29, 1.82) is 0 Å². The lowest BCUT2D eigenvalue weighted by Crippen LogP contribution is -2.42. The molecule has 1 saturated heterocycles. The van der Waals surface area contributed by atoms with E-state index in [-0.39, 0.29) is 80.8 Å². The lowest BCUT2D eigenvalue weighted by atomic mass is 10.1. The standard InChI is InChI=1S/C20H32N4O6/c1-4-14-10-19(29)24(20(14)30)9-5-6-16(26)22-12-18(28)23-11-17(27)21-8-7-15(25)13(2)3/h13-14H,4-12H2,1-3H3,(H,21,27)(H,22,26)(H,23,28). The zero-order chi connectivity index (χ0) is 22.7. The highest BCUT2D eigenvalue weighted by molar-refractivity contribution is 6.03. The summed E-state index contributed by atoms with van der Waals surface area (Å²) in [7, 11) is 0. The molecule has 0 spiro atoms. The van der Waals surface area contributed by atoms with E-state index in [2.05, 4.69) is 16.0 Å². The molecule has 0 saturated carbocycles. The van der Waals surface area contributed by atoms with Crippen LogP contribution in [0.25, 0.3) is 0 Å². The Morgan fingerprint density at radius 1 is 0.967 bits per heavy atom. The largest absolute Gasteiger partial charge is 0.354 e. The van der Waals surface area contributed by atoms with Crippen LogP contribution in [0.4, 0.5) is 0 Å². The molecular weight excluding hydrogens is 392 g/mol. The van der Waals surface area contributed by atoms with Crippen molar-refractivity contribution in [1.82, 2.24) is 20.9 Å². The van der Waals surface area contributed by atoms with Crippen molar-refractivity contribution in [2.45, 2.75) is 52.9 Å². The van der Waals surface area contributed by atoms with E-state index in [1.54, 1.807) is 13.8 Å². The normalized spacial score (nSPS) is 16.0. The van der Waals surface area contributed by atoms with Crippen LogP contribution in [0.15, 0.2) is 0 Å². The second-order valence-electron chi connectivity index (χ2n) is 7.57. The number of ketones is 1. The second-order valence-corrected chi connectivity index (χ2v) is 7.57. The Morgan fingerprint density at radius 2 is 1.57 bits per heavy atom. The van der Waals surface area contributed by atoms with Gasteiger partial charge in [0.25, 0.3) is 0 Å². The first-order valence-corrected chi connectivity index (χ1v) is 10.3. The minimum atomic E-state index is -0.521. The summed E-state index contributed by atoms with van der Waals surface area (Å²) in [5, 5.41) is 7.34. The van der Waals surface area contributed by atoms with Gasteiger partial charge in [-0.3, -0.25) is 33.7 Å². The van der Waals surface area contributed by atoms with Gasteiger partial charge >= 0.3 is 0 Å². The predicted octanol–water partition coefficient (Wildman–Crippen LogP) is -0.484. The fourth-order valence-electron chi connectivity index (χ4n) is 2.89. The van der Waals surface area contributed by atoms with Crippen LogP contribution >= 0.6 is 0 Å². The maximum Gasteiger partial charge on any atom is 0.239 e. The lowest BCUT2D eigenvalue weighted by Gasteiger charge is -2.14. The van der Waals surface area contributed by atoms with Crippen molar-refractivity contribution >= 4 is 35.3 Å². The van der Waals surface area contributed by atoms with E-state index in [9.17, 15) is 28.8 Å². The molecule has 1 aliphatic heterocycles. The van der Waals surface area contributed by atoms with E-state index in [1.165, 1.54) is 4.90 Å². The van der Waals surface area contributed by atoms with Crippen molar-refractivity contribution in [3.8, 4) is 0 Å². The molecule has 30 heavy (non-hydrogen) atoms. The Morgan fingerprint density at radius 3 is 2.13 bits per heavy atom.